The summed E-state index contributed by atoms with van der Waals surface area (Å²) in [5, 5.41) is 12.6. The van der Waals surface area contributed by atoms with Gasteiger partial charge in [0.2, 0.25) is 0 Å². The maximum atomic E-state index is 12.2. The fraction of sp³-hybridized carbons (Fsp3) is 0.636. The predicted molar refractivity (Wildman–Crippen MR) is 65.8 cm³/mol. The quantitative estimate of drug-likeness (QED) is 0.822. The van der Waals surface area contributed by atoms with Gasteiger partial charge in [-0.1, -0.05) is 18.3 Å². The summed E-state index contributed by atoms with van der Waals surface area (Å²) < 4.78 is 3.83. The van der Waals surface area contributed by atoms with E-state index in [2.05, 4.69) is 15.7 Å². The standard InChI is InChI=1S/C11H16N4OS/c1-7(2)9-10(17-14-13-9)11(16)15(4)8(3)5-6-12/h7-8H,5H2,1-4H3. The Bertz CT molecular complexity index is 435. The van der Waals surface area contributed by atoms with Crippen LogP contribution < -0.4 is 0 Å². The predicted octanol–water partition coefficient (Wildman–Crippen LogP) is 2.04. The van der Waals surface area contributed by atoms with Crippen molar-refractivity contribution in [2.45, 2.75) is 39.2 Å². The van der Waals surface area contributed by atoms with Crippen molar-refractivity contribution in [2.75, 3.05) is 7.05 Å². The topological polar surface area (TPSA) is 69.9 Å². The van der Waals surface area contributed by atoms with E-state index in [0.717, 1.165) is 17.2 Å². The second kappa shape index (κ2) is 5.73. The van der Waals surface area contributed by atoms with Crippen LogP contribution in [0.4, 0.5) is 0 Å². The van der Waals surface area contributed by atoms with Crippen LogP contribution in [-0.4, -0.2) is 33.5 Å². The van der Waals surface area contributed by atoms with E-state index in [0.29, 0.717) is 11.3 Å². The highest BCUT2D eigenvalue weighted by molar-refractivity contribution is 7.08. The fourth-order valence-corrected chi connectivity index (χ4v) is 2.16. The summed E-state index contributed by atoms with van der Waals surface area (Å²) in [6.45, 7) is 5.81. The van der Waals surface area contributed by atoms with Gasteiger partial charge in [-0.2, -0.15) is 5.26 Å². The molecule has 6 heteroatoms. The molecule has 0 radical (unpaired) electrons. The number of carbonyl (C=O) groups excluding carboxylic acids is 1. The van der Waals surface area contributed by atoms with Gasteiger partial charge < -0.3 is 4.90 Å². The van der Waals surface area contributed by atoms with Gasteiger partial charge in [0.25, 0.3) is 5.91 Å². The first kappa shape index (κ1) is 13.6. The number of aromatic nitrogens is 2. The summed E-state index contributed by atoms with van der Waals surface area (Å²) in [4.78, 5) is 14.3. The molecule has 1 aromatic heterocycles. The number of rotatable bonds is 4. The Kier molecular flexibility index (Phi) is 4.58. The van der Waals surface area contributed by atoms with Crippen molar-refractivity contribution in [2.24, 2.45) is 0 Å². The lowest BCUT2D eigenvalue weighted by molar-refractivity contribution is 0.0749. The molecule has 0 spiro atoms. The van der Waals surface area contributed by atoms with Crippen LogP contribution in [0.2, 0.25) is 0 Å². The number of hydrogen-bond donors (Lipinski definition) is 0. The minimum Gasteiger partial charge on any atom is -0.337 e. The first-order chi connectivity index (χ1) is 7.99. The molecule has 17 heavy (non-hydrogen) atoms. The third kappa shape index (κ3) is 3.01. The van der Waals surface area contributed by atoms with E-state index >= 15 is 0 Å². The molecule has 1 atom stereocenters. The molecule has 0 aliphatic heterocycles. The Labute approximate surface area is 105 Å². The van der Waals surface area contributed by atoms with Crippen LogP contribution in [0.1, 0.15) is 48.5 Å². The second-order valence-electron chi connectivity index (χ2n) is 4.27. The van der Waals surface area contributed by atoms with Crippen LogP contribution >= 0.6 is 11.5 Å². The Morgan fingerprint density at radius 3 is 2.71 bits per heavy atom. The maximum absolute atomic E-state index is 12.2. The van der Waals surface area contributed by atoms with Gasteiger partial charge in [-0.15, -0.1) is 5.10 Å². The second-order valence-corrected chi connectivity index (χ2v) is 5.02. The summed E-state index contributed by atoms with van der Waals surface area (Å²) in [7, 11) is 1.70. The zero-order valence-corrected chi connectivity index (χ0v) is 11.3. The van der Waals surface area contributed by atoms with Crippen LogP contribution in [-0.2, 0) is 0 Å². The largest absolute Gasteiger partial charge is 0.337 e. The van der Waals surface area contributed by atoms with Crippen molar-refractivity contribution < 1.29 is 4.79 Å². The molecule has 0 N–H and O–H groups in total. The zero-order valence-electron chi connectivity index (χ0n) is 10.5. The van der Waals surface area contributed by atoms with Gasteiger partial charge in [0.05, 0.1) is 18.2 Å². The van der Waals surface area contributed by atoms with E-state index in [1.54, 1.807) is 11.9 Å². The van der Waals surface area contributed by atoms with Gasteiger partial charge >= 0.3 is 0 Å². The highest BCUT2D eigenvalue weighted by Crippen LogP contribution is 2.21. The zero-order chi connectivity index (χ0) is 13.0. The fourth-order valence-electron chi connectivity index (χ4n) is 1.35. The van der Waals surface area contributed by atoms with E-state index < -0.39 is 0 Å². The molecular weight excluding hydrogens is 236 g/mol. The third-order valence-corrected chi connectivity index (χ3v) is 3.35. The Morgan fingerprint density at radius 2 is 2.18 bits per heavy atom. The van der Waals surface area contributed by atoms with Crippen LogP contribution in [0.15, 0.2) is 0 Å². The molecule has 1 unspecified atom stereocenters. The Morgan fingerprint density at radius 1 is 1.53 bits per heavy atom. The molecule has 1 amide bonds. The van der Waals surface area contributed by atoms with Crippen LogP contribution in [0.3, 0.4) is 0 Å². The van der Waals surface area contributed by atoms with Crippen molar-refractivity contribution in [3.63, 3.8) is 0 Å². The Hall–Kier alpha value is -1.48. The molecule has 0 fully saturated rings. The molecule has 0 saturated heterocycles. The average Bonchev–Trinajstić information content (AvgIpc) is 2.76. The molecule has 0 aliphatic rings. The van der Waals surface area contributed by atoms with E-state index in [1.807, 2.05) is 20.8 Å². The molecule has 0 saturated carbocycles. The van der Waals surface area contributed by atoms with Crippen molar-refractivity contribution in [3.05, 3.63) is 10.6 Å². The lowest BCUT2D eigenvalue weighted by atomic mass is 10.1. The summed E-state index contributed by atoms with van der Waals surface area (Å²) >= 11 is 1.11. The van der Waals surface area contributed by atoms with E-state index in [4.69, 9.17) is 5.26 Å². The third-order valence-electron chi connectivity index (χ3n) is 2.62. The van der Waals surface area contributed by atoms with E-state index in [9.17, 15) is 4.79 Å². The Balaban J connectivity index is 2.89. The van der Waals surface area contributed by atoms with E-state index in [-0.39, 0.29) is 17.9 Å². The highest BCUT2D eigenvalue weighted by atomic mass is 32.1. The molecular formula is C11H16N4OS. The maximum Gasteiger partial charge on any atom is 0.267 e. The van der Waals surface area contributed by atoms with Crippen LogP contribution in [0.25, 0.3) is 0 Å². The first-order valence-electron chi connectivity index (χ1n) is 5.45. The van der Waals surface area contributed by atoms with Crippen molar-refractivity contribution in [3.8, 4) is 6.07 Å². The number of carbonyl (C=O) groups is 1. The average molecular weight is 252 g/mol. The summed E-state index contributed by atoms with van der Waals surface area (Å²) in [6, 6.07) is 1.96. The van der Waals surface area contributed by atoms with Gasteiger partial charge in [-0.05, 0) is 24.4 Å². The number of hydrogen-bond acceptors (Lipinski definition) is 5. The molecule has 0 bridgehead atoms. The summed E-state index contributed by atoms with van der Waals surface area (Å²) in [5.74, 6) is 0.0684. The van der Waals surface area contributed by atoms with E-state index in [1.165, 1.54) is 0 Å². The lowest BCUT2D eigenvalue weighted by Gasteiger charge is -2.22. The molecule has 5 nitrogen and oxygen atoms in total. The van der Waals surface area contributed by atoms with Crippen molar-refractivity contribution in [1.82, 2.24) is 14.5 Å². The number of nitrogens with zero attached hydrogens (tertiary/aromatic N) is 4. The molecule has 1 aromatic rings. The van der Waals surface area contributed by atoms with Crippen molar-refractivity contribution in [1.29, 1.82) is 5.26 Å². The molecule has 1 rings (SSSR count). The monoisotopic (exact) mass is 252 g/mol. The number of amides is 1. The van der Waals surface area contributed by atoms with Gasteiger partial charge in [0.1, 0.15) is 4.88 Å². The lowest BCUT2D eigenvalue weighted by Crippen LogP contribution is -2.34. The van der Waals surface area contributed by atoms with Gasteiger partial charge in [-0.3, -0.25) is 4.79 Å². The smallest absolute Gasteiger partial charge is 0.267 e. The van der Waals surface area contributed by atoms with Gasteiger partial charge in [0.15, 0.2) is 0 Å². The van der Waals surface area contributed by atoms with Crippen molar-refractivity contribution >= 4 is 17.4 Å². The molecule has 1 heterocycles. The van der Waals surface area contributed by atoms with Crippen LogP contribution in [0, 0.1) is 11.3 Å². The highest BCUT2D eigenvalue weighted by Gasteiger charge is 2.24. The number of nitriles is 1. The first-order valence-corrected chi connectivity index (χ1v) is 6.22. The SMILES string of the molecule is CC(C)c1nnsc1C(=O)N(C)C(C)CC#N. The molecule has 0 aliphatic carbocycles. The summed E-state index contributed by atoms with van der Waals surface area (Å²) in [6.07, 6.45) is 0.325. The van der Waals surface area contributed by atoms with Crippen LogP contribution in [0.5, 0.6) is 0 Å². The minimum absolute atomic E-state index is 0.102. The van der Waals surface area contributed by atoms with Gasteiger partial charge in [-0.25, -0.2) is 0 Å². The normalized spacial score (nSPS) is 12.2. The minimum atomic E-state index is -0.105. The summed E-state index contributed by atoms with van der Waals surface area (Å²) in [5.41, 5.74) is 0.732. The molecule has 0 aromatic carbocycles. The van der Waals surface area contributed by atoms with Gasteiger partial charge in [0, 0.05) is 13.1 Å². The molecule has 92 valence electrons.